The number of para-hydroxylation sites is 1. The third-order valence-electron chi connectivity index (χ3n) is 6.62. The van der Waals surface area contributed by atoms with E-state index in [1.807, 2.05) is 56.4 Å². The first-order valence-corrected chi connectivity index (χ1v) is 12.3. The average molecular weight is 504 g/mol. The van der Waals surface area contributed by atoms with Crippen LogP contribution in [0.1, 0.15) is 42.8 Å². The van der Waals surface area contributed by atoms with Crippen LogP contribution in [0, 0.1) is 12.8 Å². The predicted octanol–water partition coefficient (Wildman–Crippen LogP) is 3.43. The Bertz CT molecular complexity index is 1370. The summed E-state index contributed by atoms with van der Waals surface area (Å²) in [5.41, 5.74) is 3.66. The molecule has 1 N–H and O–H groups in total. The maximum Gasteiger partial charge on any atom is 0.306 e. The number of hydrogen-bond donors (Lipinski definition) is 1. The third kappa shape index (κ3) is 5.60. The van der Waals surface area contributed by atoms with Gasteiger partial charge in [0.1, 0.15) is 23.8 Å². The molecule has 37 heavy (non-hydrogen) atoms. The van der Waals surface area contributed by atoms with Crippen molar-refractivity contribution in [2.24, 2.45) is 13.0 Å². The number of benzene rings is 1. The van der Waals surface area contributed by atoms with Gasteiger partial charge in [0.25, 0.3) is 0 Å². The van der Waals surface area contributed by atoms with Gasteiger partial charge in [0.15, 0.2) is 0 Å². The minimum Gasteiger partial charge on any atom is -0.489 e. The largest absolute Gasteiger partial charge is 0.489 e. The van der Waals surface area contributed by atoms with Gasteiger partial charge in [-0.25, -0.2) is 14.3 Å². The number of pyridine rings is 1. The van der Waals surface area contributed by atoms with Crippen LogP contribution in [0.15, 0.2) is 48.7 Å². The molecule has 3 heterocycles. The molecule has 1 aliphatic carbocycles. The van der Waals surface area contributed by atoms with Crippen LogP contribution in [0.2, 0.25) is 0 Å². The standard InChI is InChI=1S/C26H29N7O4/c1-17-24(37-21-10-6-7-18(13-21)26(34)35)12-11-22(28-17)25-23(32(2)31-29-25)15-33-19(14-27-30-33)16-36-20-8-4-3-5-9-20/h3-5,8-9,11-12,14,18,21H,6-7,10,13,15-16H2,1-2H3,(H,34,35)/t18-,21-/m0/s1. The normalized spacial score (nSPS) is 17.5. The number of ether oxygens (including phenoxy) is 2. The first-order valence-electron chi connectivity index (χ1n) is 12.3. The monoisotopic (exact) mass is 503 g/mol. The summed E-state index contributed by atoms with van der Waals surface area (Å²) in [6.45, 7) is 2.59. The molecular formula is C26H29N7O4. The maximum atomic E-state index is 11.4. The number of carbonyl (C=O) groups is 1. The average Bonchev–Trinajstić information content (AvgIpc) is 3.51. The van der Waals surface area contributed by atoms with Gasteiger partial charge in [-0.2, -0.15) is 0 Å². The van der Waals surface area contributed by atoms with Gasteiger partial charge in [-0.15, -0.1) is 10.2 Å². The Morgan fingerprint density at radius 1 is 1.14 bits per heavy atom. The molecule has 0 unspecified atom stereocenters. The van der Waals surface area contributed by atoms with Gasteiger partial charge in [-0.05, 0) is 56.9 Å². The van der Waals surface area contributed by atoms with Crippen molar-refractivity contribution in [3.05, 3.63) is 65.7 Å². The van der Waals surface area contributed by atoms with E-state index in [0.29, 0.717) is 48.8 Å². The Balaban J connectivity index is 1.31. The van der Waals surface area contributed by atoms with Gasteiger partial charge in [-0.1, -0.05) is 28.6 Å². The molecule has 11 heteroatoms. The van der Waals surface area contributed by atoms with Crippen molar-refractivity contribution >= 4 is 5.97 Å². The van der Waals surface area contributed by atoms with E-state index < -0.39 is 5.97 Å². The van der Waals surface area contributed by atoms with E-state index in [9.17, 15) is 9.90 Å². The molecule has 1 saturated carbocycles. The Morgan fingerprint density at radius 3 is 2.76 bits per heavy atom. The lowest BCUT2D eigenvalue weighted by molar-refractivity contribution is -0.143. The molecule has 1 aromatic carbocycles. The summed E-state index contributed by atoms with van der Waals surface area (Å²) >= 11 is 0. The summed E-state index contributed by atoms with van der Waals surface area (Å²) in [5.74, 6) is 0.317. The van der Waals surface area contributed by atoms with Crippen LogP contribution >= 0.6 is 0 Å². The summed E-state index contributed by atoms with van der Waals surface area (Å²) < 4.78 is 15.5. The summed E-state index contributed by atoms with van der Waals surface area (Å²) in [6, 6.07) is 13.3. The highest BCUT2D eigenvalue weighted by Crippen LogP contribution is 2.30. The molecule has 0 amide bonds. The topological polar surface area (TPSA) is 130 Å². The van der Waals surface area contributed by atoms with Gasteiger partial charge in [-0.3, -0.25) is 4.79 Å². The molecule has 1 aliphatic rings. The van der Waals surface area contributed by atoms with E-state index in [1.165, 1.54) is 0 Å². The fraction of sp³-hybridized carbons (Fsp3) is 0.385. The third-order valence-corrected chi connectivity index (χ3v) is 6.62. The minimum absolute atomic E-state index is 0.128. The van der Waals surface area contributed by atoms with Crippen molar-refractivity contribution < 1.29 is 19.4 Å². The number of carboxylic acids is 1. The second kappa shape index (κ2) is 10.8. The van der Waals surface area contributed by atoms with Crippen LogP contribution in [-0.2, 0) is 25.0 Å². The van der Waals surface area contributed by atoms with Crippen LogP contribution in [0.4, 0.5) is 0 Å². The first-order chi connectivity index (χ1) is 18.0. The molecule has 1 fully saturated rings. The second-order valence-electron chi connectivity index (χ2n) is 9.21. The quantitative estimate of drug-likeness (QED) is 0.365. The smallest absolute Gasteiger partial charge is 0.306 e. The SMILES string of the molecule is Cc1nc(-c2nnn(C)c2Cn2nncc2COc2ccccc2)ccc1O[C@H]1CCC[C@H](C(=O)O)C1. The summed E-state index contributed by atoms with van der Waals surface area (Å²) in [7, 11) is 1.83. The minimum atomic E-state index is -0.754. The molecule has 2 atom stereocenters. The van der Waals surface area contributed by atoms with Crippen molar-refractivity contribution in [2.75, 3.05) is 0 Å². The molecule has 4 aromatic rings. The summed E-state index contributed by atoms with van der Waals surface area (Å²) in [6.07, 6.45) is 4.45. The Hall–Kier alpha value is -4.28. The van der Waals surface area contributed by atoms with E-state index in [4.69, 9.17) is 14.5 Å². The lowest BCUT2D eigenvalue weighted by Gasteiger charge is -2.27. The molecular weight excluding hydrogens is 474 g/mol. The molecule has 0 bridgehead atoms. The van der Waals surface area contributed by atoms with Crippen molar-refractivity contribution in [1.29, 1.82) is 0 Å². The summed E-state index contributed by atoms with van der Waals surface area (Å²) in [4.78, 5) is 16.1. The van der Waals surface area contributed by atoms with Gasteiger partial charge in [0.05, 0.1) is 47.5 Å². The Morgan fingerprint density at radius 2 is 1.97 bits per heavy atom. The maximum absolute atomic E-state index is 11.4. The molecule has 0 spiro atoms. The van der Waals surface area contributed by atoms with Gasteiger partial charge in [0, 0.05) is 7.05 Å². The molecule has 0 radical (unpaired) electrons. The number of hydrogen-bond acceptors (Lipinski definition) is 8. The highest BCUT2D eigenvalue weighted by molar-refractivity contribution is 5.70. The number of aryl methyl sites for hydroxylation is 2. The van der Waals surface area contributed by atoms with Gasteiger partial charge in [0.2, 0.25) is 0 Å². The molecule has 0 aliphatic heterocycles. The van der Waals surface area contributed by atoms with Crippen LogP contribution in [-0.4, -0.2) is 52.2 Å². The van der Waals surface area contributed by atoms with Crippen LogP contribution in [0.25, 0.3) is 11.4 Å². The molecule has 11 nitrogen and oxygen atoms in total. The van der Waals surface area contributed by atoms with Gasteiger partial charge < -0.3 is 14.6 Å². The van der Waals surface area contributed by atoms with Gasteiger partial charge >= 0.3 is 5.97 Å². The molecule has 192 valence electrons. The fourth-order valence-corrected chi connectivity index (χ4v) is 4.55. The van der Waals surface area contributed by atoms with Crippen molar-refractivity contribution in [3.8, 4) is 22.9 Å². The number of aromatic nitrogens is 7. The zero-order chi connectivity index (χ0) is 25.8. The summed E-state index contributed by atoms with van der Waals surface area (Å²) in [5, 5.41) is 26.2. The lowest BCUT2D eigenvalue weighted by atomic mass is 9.87. The van der Waals surface area contributed by atoms with E-state index in [1.54, 1.807) is 15.6 Å². The van der Waals surface area contributed by atoms with Crippen LogP contribution < -0.4 is 9.47 Å². The van der Waals surface area contributed by atoms with Crippen molar-refractivity contribution in [2.45, 2.75) is 51.9 Å². The highest BCUT2D eigenvalue weighted by atomic mass is 16.5. The number of nitrogens with zero attached hydrogens (tertiary/aromatic N) is 7. The molecule has 3 aromatic heterocycles. The number of carboxylic acid groups (broad SMARTS) is 1. The van der Waals surface area contributed by atoms with Crippen molar-refractivity contribution in [1.82, 2.24) is 35.0 Å². The van der Waals surface area contributed by atoms with Crippen molar-refractivity contribution in [3.63, 3.8) is 0 Å². The van der Waals surface area contributed by atoms with E-state index in [-0.39, 0.29) is 12.0 Å². The van der Waals surface area contributed by atoms with E-state index in [0.717, 1.165) is 30.0 Å². The lowest BCUT2D eigenvalue weighted by Crippen LogP contribution is -2.29. The van der Waals surface area contributed by atoms with E-state index >= 15 is 0 Å². The fourth-order valence-electron chi connectivity index (χ4n) is 4.55. The van der Waals surface area contributed by atoms with Crippen LogP contribution in [0.5, 0.6) is 11.5 Å². The zero-order valence-electron chi connectivity index (χ0n) is 20.8. The number of rotatable bonds is 9. The Labute approximate surface area is 214 Å². The van der Waals surface area contributed by atoms with E-state index in [2.05, 4.69) is 20.6 Å². The first kappa shape index (κ1) is 24.4. The molecule has 0 saturated heterocycles. The molecule has 5 rings (SSSR count). The second-order valence-corrected chi connectivity index (χ2v) is 9.21. The predicted molar refractivity (Wildman–Crippen MR) is 133 cm³/mol. The number of aliphatic carboxylic acids is 1. The highest BCUT2D eigenvalue weighted by Gasteiger charge is 2.28. The Kier molecular flexibility index (Phi) is 7.11. The zero-order valence-corrected chi connectivity index (χ0v) is 20.8. The van der Waals surface area contributed by atoms with Crippen LogP contribution in [0.3, 0.4) is 0 Å².